The number of nitrogens with one attached hydrogen (secondary N) is 1. The molecule has 0 bridgehead atoms. The number of likely N-dealkylation sites (tertiary alicyclic amines) is 1. The van der Waals surface area contributed by atoms with Crippen molar-refractivity contribution < 1.29 is 14.0 Å². The molecule has 144 valence electrons. The molecule has 2 aromatic rings. The van der Waals surface area contributed by atoms with Gasteiger partial charge in [0.1, 0.15) is 5.82 Å². The van der Waals surface area contributed by atoms with Crippen LogP contribution in [0.2, 0.25) is 0 Å². The minimum atomic E-state index is -0.330. The lowest BCUT2D eigenvalue weighted by atomic mass is 10.1. The van der Waals surface area contributed by atoms with Gasteiger partial charge in [0.25, 0.3) is 0 Å². The third kappa shape index (κ3) is 4.73. The van der Waals surface area contributed by atoms with E-state index in [0.29, 0.717) is 0 Å². The summed E-state index contributed by atoms with van der Waals surface area (Å²) in [5, 5.41) is 5.00. The van der Waals surface area contributed by atoms with E-state index in [9.17, 15) is 14.0 Å². The quantitative estimate of drug-likeness (QED) is 0.826. The lowest BCUT2D eigenvalue weighted by Gasteiger charge is -2.26. The van der Waals surface area contributed by atoms with Crippen molar-refractivity contribution in [1.82, 2.24) is 15.1 Å². The second-order valence-electron chi connectivity index (χ2n) is 6.93. The summed E-state index contributed by atoms with van der Waals surface area (Å²) in [6, 6.07) is 9.48. The maximum atomic E-state index is 13.3. The lowest BCUT2D eigenvalue weighted by molar-refractivity contribution is -0.134. The summed E-state index contributed by atoms with van der Waals surface area (Å²) in [5.74, 6) is -0.415. The van der Waals surface area contributed by atoms with Crippen LogP contribution in [0.25, 0.3) is 0 Å². The average Bonchev–Trinajstić information content (AvgIpc) is 3.32. The summed E-state index contributed by atoms with van der Waals surface area (Å²) in [7, 11) is 3.47. The molecule has 2 unspecified atom stereocenters. The first kappa shape index (κ1) is 19.5. The van der Waals surface area contributed by atoms with Crippen LogP contribution < -0.4 is 5.32 Å². The van der Waals surface area contributed by atoms with Gasteiger partial charge < -0.3 is 10.2 Å². The highest BCUT2D eigenvalue weighted by atomic mass is 32.1. The van der Waals surface area contributed by atoms with E-state index < -0.39 is 0 Å². The molecular weight excluding hydrogens is 365 g/mol. The van der Waals surface area contributed by atoms with E-state index in [0.717, 1.165) is 29.8 Å². The molecule has 1 aromatic carbocycles. The van der Waals surface area contributed by atoms with Crippen molar-refractivity contribution in [3.8, 4) is 0 Å². The molecule has 2 atom stereocenters. The van der Waals surface area contributed by atoms with E-state index in [1.54, 1.807) is 42.5 Å². The number of likely N-dealkylation sites (N-methyl/N-ethyl adjacent to an activating group) is 1. The number of nitrogens with zero attached hydrogens (tertiary/aromatic N) is 2. The van der Waals surface area contributed by atoms with Crippen molar-refractivity contribution in [2.75, 3.05) is 27.2 Å². The minimum Gasteiger partial charge on any atom is -0.347 e. The third-order valence-corrected chi connectivity index (χ3v) is 5.71. The molecule has 0 aliphatic carbocycles. The Labute approximate surface area is 162 Å². The Morgan fingerprint density at radius 2 is 2.04 bits per heavy atom. The first-order chi connectivity index (χ1) is 13.0. The van der Waals surface area contributed by atoms with Gasteiger partial charge in [0, 0.05) is 19.0 Å². The number of carbonyl (C=O) groups is 2. The Balaban J connectivity index is 1.71. The zero-order valence-electron chi connectivity index (χ0n) is 15.5. The normalized spacial score (nSPS) is 18.3. The van der Waals surface area contributed by atoms with E-state index in [1.807, 2.05) is 22.4 Å². The molecule has 5 nitrogen and oxygen atoms in total. The van der Waals surface area contributed by atoms with Crippen LogP contribution in [0.15, 0.2) is 41.8 Å². The van der Waals surface area contributed by atoms with Crippen LogP contribution in [-0.2, 0) is 9.59 Å². The molecule has 3 rings (SSSR count). The molecule has 1 aliphatic rings. The van der Waals surface area contributed by atoms with E-state index >= 15 is 0 Å². The highest BCUT2D eigenvalue weighted by molar-refractivity contribution is 7.10. The Kier molecular flexibility index (Phi) is 6.23. The smallest absolute Gasteiger partial charge is 0.239 e. The fourth-order valence-corrected chi connectivity index (χ4v) is 4.22. The van der Waals surface area contributed by atoms with Gasteiger partial charge in [-0.25, -0.2) is 4.39 Å². The fourth-order valence-electron chi connectivity index (χ4n) is 3.41. The second-order valence-corrected chi connectivity index (χ2v) is 7.91. The standard InChI is InChI=1S/C20H24FN3O2S/c1-23(2)20(26)16-5-3-11-24(16)13-18(25)22-19(17-6-4-12-27-17)14-7-9-15(21)10-8-14/h4,6-10,12,16,19H,3,5,11,13H2,1-2H3,(H,22,25). The molecule has 1 saturated heterocycles. The van der Waals surface area contributed by atoms with Crippen LogP contribution in [-0.4, -0.2) is 54.8 Å². The van der Waals surface area contributed by atoms with Crippen molar-refractivity contribution in [3.05, 3.63) is 58.0 Å². The molecular formula is C20H24FN3O2S. The maximum Gasteiger partial charge on any atom is 0.239 e. The number of benzene rings is 1. The van der Waals surface area contributed by atoms with Crippen LogP contribution in [0, 0.1) is 5.82 Å². The minimum absolute atomic E-state index is 0.0358. The van der Waals surface area contributed by atoms with E-state index in [4.69, 9.17) is 0 Å². The Bertz CT molecular complexity index is 777. The van der Waals surface area contributed by atoms with Gasteiger partial charge in [-0.1, -0.05) is 18.2 Å². The summed E-state index contributed by atoms with van der Waals surface area (Å²) in [5.41, 5.74) is 0.828. The number of amides is 2. The monoisotopic (exact) mass is 389 g/mol. The molecule has 1 N–H and O–H groups in total. The number of thiophene rings is 1. The van der Waals surface area contributed by atoms with Crippen LogP contribution >= 0.6 is 11.3 Å². The Morgan fingerprint density at radius 3 is 2.67 bits per heavy atom. The molecule has 0 saturated carbocycles. The van der Waals surface area contributed by atoms with Crippen molar-refractivity contribution in [1.29, 1.82) is 0 Å². The summed E-state index contributed by atoms with van der Waals surface area (Å²) < 4.78 is 13.3. The molecule has 0 spiro atoms. The summed E-state index contributed by atoms with van der Waals surface area (Å²) >= 11 is 1.54. The maximum absolute atomic E-state index is 13.3. The van der Waals surface area contributed by atoms with Crippen LogP contribution in [0.3, 0.4) is 0 Å². The van der Waals surface area contributed by atoms with E-state index in [-0.39, 0.29) is 36.3 Å². The molecule has 1 fully saturated rings. The predicted octanol–water partition coefficient (Wildman–Crippen LogP) is 2.65. The lowest BCUT2D eigenvalue weighted by Crippen LogP contribution is -2.47. The van der Waals surface area contributed by atoms with Crippen molar-refractivity contribution in [2.45, 2.75) is 24.9 Å². The second kappa shape index (κ2) is 8.63. The van der Waals surface area contributed by atoms with Gasteiger partial charge in [-0.15, -0.1) is 11.3 Å². The zero-order valence-corrected chi connectivity index (χ0v) is 16.3. The van der Waals surface area contributed by atoms with Crippen molar-refractivity contribution in [3.63, 3.8) is 0 Å². The number of hydrogen-bond donors (Lipinski definition) is 1. The van der Waals surface area contributed by atoms with E-state index in [1.165, 1.54) is 12.1 Å². The van der Waals surface area contributed by atoms with Crippen LogP contribution in [0.1, 0.15) is 29.3 Å². The highest BCUT2D eigenvalue weighted by Crippen LogP contribution is 2.26. The molecule has 0 radical (unpaired) electrons. The Morgan fingerprint density at radius 1 is 1.30 bits per heavy atom. The average molecular weight is 389 g/mol. The largest absolute Gasteiger partial charge is 0.347 e. The van der Waals surface area contributed by atoms with Crippen molar-refractivity contribution in [2.24, 2.45) is 0 Å². The van der Waals surface area contributed by atoms with Crippen LogP contribution in [0.5, 0.6) is 0 Å². The molecule has 27 heavy (non-hydrogen) atoms. The first-order valence-electron chi connectivity index (χ1n) is 8.99. The third-order valence-electron chi connectivity index (χ3n) is 4.77. The number of carbonyl (C=O) groups excluding carboxylic acids is 2. The van der Waals surface area contributed by atoms with Crippen molar-refractivity contribution >= 4 is 23.2 Å². The topological polar surface area (TPSA) is 52.7 Å². The van der Waals surface area contributed by atoms with Gasteiger partial charge in [-0.05, 0) is 48.5 Å². The van der Waals surface area contributed by atoms with Gasteiger partial charge in [0.05, 0.1) is 18.6 Å². The van der Waals surface area contributed by atoms with E-state index in [2.05, 4.69) is 5.32 Å². The number of hydrogen-bond acceptors (Lipinski definition) is 4. The number of halogens is 1. The van der Waals surface area contributed by atoms with Gasteiger partial charge in [0.15, 0.2) is 0 Å². The van der Waals surface area contributed by atoms with Gasteiger partial charge in [-0.2, -0.15) is 0 Å². The molecule has 1 aromatic heterocycles. The van der Waals surface area contributed by atoms with Crippen LogP contribution in [0.4, 0.5) is 4.39 Å². The molecule has 1 aliphatic heterocycles. The van der Waals surface area contributed by atoms with Gasteiger partial charge >= 0.3 is 0 Å². The Hall–Kier alpha value is -2.25. The highest BCUT2D eigenvalue weighted by Gasteiger charge is 2.33. The summed E-state index contributed by atoms with van der Waals surface area (Å²) in [6.07, 6.45) is 1.68. The first-order valence-corrected chi connectivity index (χ1v) is 9.87. The molecule has 2 heterocycles. The summed E-state index contributed by atoms with van der Waals surface area (Å²) in [6.45, 7) is 0.908. The SMILES string of the molecule is CN(C)C(=O)C1CCCN1CC(=O)NC(c1ccc(F)cc1)c1cccs1. The number of rotatable bonds is 6. The summed E-state index contributed by atoms with van der Waals surface area (Å²) in [4.78, 5) is 29.6. The molecule has 2 amide bonds. The zero-order chi connectivity index (χ0) is 19.4. The predicted molar refractivity (Wildman–Crippen MR) is 104 cm³/mol. The van der Waals surface area contributed by atoms with Gasteiger partial charge in [-0.3, -0.25) is 14.5 Å². The molecule has 7 heteroatoms. The fraction of sp³-hybridized carbons (Fsp3) is 0.400. The van der Waals surface area contributed by atoms with Gasteiger partial charge in [0.2, 0.25) is 11.8 Å².